The van der Waals surface area contributed by atoms with Crippen molar-refractivity contribution in [2.45, 2.75) is 134 Å². The first kappa shape index (κ1) is 42.4. The Morgan fingerprint density at radius 2 is 1.30 bits per heavy atom. The lowest BCUT2D eigenvalue weighted by Gasteiger charge is -2.40. The molecule has 0 aromatic heterocycles. The summed E-state index contributed by atoms with van der Waals surface area (Å²) < 4.78 is 11.0. The molecule has 7 atom stereocenters. The second-order valence-electron chi connectivity index (χ2n) is 11.6. The van der Waals surface area contributed by atoms with Crippen LogP contribution in [0.1, 0.15) is 90.9 Å². The summed E-state index contributed by atoms with van der Waals surface area (Å²) in [5, 5.41) is 53.3. The largest absolute Gasteiger partial charge is 0.394 e. The molecule has 0 aromatic rings. The van der Waals surface area contributed by atoms with Crippen molar-refractivity contribution in [2.24, 2.45) is 0 Å². The summed E-state index contributed by atoms with van der Waals surface area (Å²) in [6.45, 7) is 3.44. The first-order chi connectivity index (χ1) is 22.8. The summed E-state index contributed by atoms with van der Waals surface area (Å²) in [5.41, 5.74) is 0. The van der Waals surface area contributed by atoms with Crippen molar-refractivity contribution in [3.8, 4) is 0 Å². The van der Waals surface area contributed by atoms with Crippen molar-refractivity contribution in [3.05, 3.63) is 85.1 Å². The van der Waals surface area contributed by atoms with Gasteiger partial charge in [-0.1, -0.05) is 112 Å². The zero-order valence-corrected chi connectivity index (χ0v) is 28.5. The van der Waals surface area contributed by atoms with Gasteiger partial charge in [0.1, 0.15) is 24.4 Å². The minimum absolute atomic E-state index is 0.214. The lowest BCUT2D eigenvalue weighted by atomic mass is 9.99. The van der Waals surface area contributed by atoms with Gasteiger partial charge in [0.25, 0.3) is 0 Å². The molecule has 1 aliphatic rings. The zero-order chi connectivity index (χ0) is 34.5. The number of hydrogen-bond donors (Lipinski definition) is 6. The fourth-order valence-electron chi connectivity index (χ4n) is 4.64. The van der Waals surface area contributed by atoms with E-state index in [4.69, 9.17) is 9.47 Å². The number of aliphatic hydroxyl groups is 5. The molecule has 9 heteroatoms. The average Bonchev–Trinajstić information content (AvgIpc) is 3.07. The Morgan fingerprint density at radius 1 is 0.745 bits per heavy atom. The molecule has 0 radical (unpaired) electrons. The summed E-state index contributed by atoms with van der Waals surface area (Å²) in [7, 11) is 0. The third kappa shape index (κ3) is 20.4. The summed E-state index contributed by atoms with van der Waals surface area (Å²) in [6.07, 6.45) is 31.1. The number of allylic oxidation sites excluding steroid dienone is 13. The molecule has 1 aliphatic heterocycles. The van der Waals surface area contributed by atoms with E-state index in [1.54, 1.807) is 6.08 Å². The molecular weight excluding hydrogens is 598 g/mol. The number of unbranched alkanes of at least 4 members (excludes halogenated alkanes) is 3. The van der Waals surface area contributed by atoms with Gasteiger partial charge in [-0.05, 0) is 57.8 Å². The molecule has 0 spiro atoms. The van der Waals surface area contributed by atoms with Crippen LogP contribution in [0, 0.1) is 0 Å². The van der Waals surface area contributed by atoms with E-state index in [9.17, 15) is 30.3 Å². The van der Waals surface area contributed by atoms with E-state index in [0.717, 1.165) is 64.2 Å². The topological polar surface area (TPSA) is 149 Å². The van der Waals surface area contributed by atoms with E-state index in [0.29, 0.717) is 6.42 Å². The molecule has 47 heavy (non-hydrogen) atoms. The number of hydrogen-bond acceptors (Lipinski definition) is 8. The molecule has 7 unspecified atom stereocenters. The van der Waals surface area contributed by atoms with Crippen LogP contribution in [0.4, 0.5) is 0 Å². The van der Waals surface area contributed by atoms with Crippen molar-refractivity contribution in [1.82, 2.24) is 5.32 Å². The van der Waals surface area contributed by atoms with Crippen LogP contribution in [-0.4, -0.2) is 87.5 Å². The molecule has 0 bridgehead atoms. The third-order valence-corrected chi connectivity index (χ3v) is 7.49. The summed E-state index contributed by atoms with van der Waals surface area (Å²) in [4.78, 5) is 12.7. The van der Waals surface area contributed by atoms with E-state index < -0.39 is 49.5 Å². The number of carbonyl (C=O) groups is 1. The Hall–Kier alpha value is -2.63. The quantitative estimate of drug-likeness (QED) is 0.0574. The number of carbonyl (C=O) groups excluding carboxylic acids is 1. The molecule has 1 amide bonds. The smallest absolute Gasteiger partial charge is 0.220 e. The van der Waals surface area contributed by atoms with Gasteiger partial charge in [0, 0.05) is 6.42 Å². The van der Waals surface area contributed by atoms with Gasteiger partial charge in [-0.15, -0.1) is 0 Å². The van der Waals surface area contributed by atoms with Crippen molar-refractivity contribution in [3.63, 3.8) is 0 Å². The van der Waals surface area contributed by atoms with Crippen molar-refractivity contribution in [1.29, 1.82) is 0 Å². The monoisotopic (exact) mass is 659 g/mol. The fourth-order valence-corrected chi connectivity index (χ4v) is 4.64. The van der Waals surface area contributed by atoms with Gasteiger partial charge in [-0.3, -0.25) is 4.79 Å². The van der Waals surface area contributed by atoms with Crippen LogP contribution >= 0.6 is 0 Å². The van der Waals surface area contributed by atoms with Gasteiger partial charge < -0.3 is 40.3 Å². The van der Waals surface area contributed by atoms with Crippen molar-refractivity contribution in [2.75, 3.05) is 13.2 Å². The van der Waals surface area contributed by atoms with Crippen LogP contribution < -0.4 is 5.32 Å². The molecule has 0 aromatic carbocycles. The van der Waals surface area contributed by atoms with Gasteiger partial charge in [0.2, 0.25) is 5.91 Å². The number of aliphatic hydroxyl groups excluding tert-OH is 5. The molecule has 1 saturated heterocycles. The van der Waals surface area contributed by atoms with E-state index in [2.05, 4.69) is 79.9 Å². The second-order valence-corrected chi connectivity index (χ2v) is 11.6. The van der Waals surface area contributed by atoms with Crippen LogP contribution in [-0.2, 0) is 14.3 Å². The highest BCUT2D eigenvalue weighted by molar-refractivity contribution is 5.76. The lowest BCUT2D eigenvalue weighted by molar-refractivity contribution is -0.302. The van der Waals surface area contributed by atoms with Gasteiger partial charge in [-0.25, -0.2) is 0 Å². The Labute approximate surface area is 282 Å². The minimum Gasteiger partial charge on any atom is -0.394 e. The number of rotatable bonds is 25. The van der Waals surface area contributed by atoms with Gasteiger partial charge in [-0.2, -0.15) is 0 Å². The summed E-state index contributed by atoms with van der Waals surface area (Å²) in [6, 6.07) is -0.845. The van der Waals surface area contributed by atoms with E-state index >= 15 is 0 Å². The van der Waals surface area contributed by atoms with Crippen LogP contribution in [0.15, 0.2) is 85.1 Å². The SMILES string of the molecule is CC/C=C\C/C=C\C/C=C\C/C=C\C/C=C\C/C=C\CCC(=O)NC(COC1OC(CO)C(O)C(O)C1O)C(O)/C=C/CCCCC. The molecule has 1 fully saturated rings. The Kier molecular flexibility index (Phi) is 25.6. The lowest BCUT2D eigenvalue weighted by Crippen LogP contribution is -2.60. The molecule has 0 saturated carbocycles. The van der Waals surface area contributed by atoms with Crippen LogP contribution in [0.5, 0.6) is 0 Å². The second kappa shape index (κ2) is 28.4. The maximum absolute atomic E-state index is 12.7. The zero-order valence-electron chi connectivity index (χ0n) is 28.5. The van der Waals surface area contributed by atoms with Crippen LogP contribution in [0.3, 0.4) is 0 Å². The van der Waals surface area contributed by atoms with Crippen molar-refractivity contribution < 1.29 is 39.8 Å². The van der Waals surface area contributed by atoms with Gasteiger partial charge >= 0.3 is 0 Å². The summed E-state index contributed by atoms with van der Waals surface area (Å²) >= 11 is 0. The molecule has 0 aliphatic carbocycles. The Morgan fingerprint density at radius 3 is 1.83 bits per heavy atom. The van der Waals surface area contributed by atoms with Gasteiger partial charge in [0.05, 0.1) is 25.4 Å². The first-order valence-electron chi connectivity index (χ1n) is 17.3. The molecule has 9 nitrogen and oxygen atoms in total. The van der Waals surface area contributed by atoms with Crippen LogP contribution in [0.25, 0.3) is 0 Å². The van der Waals surface area contributed by atoms with E-state index in [-0.39, 0.29) is 18.9 Å². The molecule has 6 N–H and O–H groups in total. The maximum atomic E-state index is 12.7. The molecule has 1 heterocycles. The number of amides is 1. The highest BCUT2D eigenvalue weighted by atomic mass is 16.7. The Balaban J connectivity index is 2.44. The fraction of sp³-hybridized carbons (Fsp3) is 0.605. The van der Waals surface area contributed by atoms with Crippen LogP contribution in [0.2, 0.25) is 0 Å². The van der Waals surface area contributed by atoms with E-state index in [1.807, 2.05) is 18.2 Å². The Bertz CT molecular complexity index is 1000. The predicted molar refractivity (Wildman–Crippen MR) is 188 cm³/mol. The highest BCUT2D eigenvalue weighted by Crippen LogP contribution is 2.22. The highest BCUT2D eigenvalue weighted by Gasteiger charge is 2.44. The van der Waals surface area contributed by atoms with Crippen molar-refractivity contribution >= 4 is 5.91 Å². The normalized spacial score (nSPS) is 23.9. The maximum Gasteiger partial charge on any atom is 0.220 e. The molecule has 1 rings (SSSR count). The number of ether oxygens (including phenoxy) is 2. The number of nitrogens with one attached hydrogen (secondary N) is 1. The minimum atomic E-state index is -1.58. The average molecular weight is 660 g/mol. The predicted octanol–water partition coefficient (Wildman–Crippen LogP) is 5.26. The standard InChI is InChI=1S/C38H61NO8/c1-3-5-7-9-10-11-12-13-14-15-16-17-18-19-20-21-22-24-26-28-34(42)39-31(32(41)27-25-23-8-6-4-2)30-46-38-37(45)36(44)35(43)33(29-40)47-38/h5,7,10-11,13-14,16-17,19-20,22,24-25,27,31-33,35-38,40-41,43-45H,3-4,6,8-9,12,15,18,21,23,26,28-30H2,1-2H3,(H,39,42)/b7-5-,11-10-,14-13-,17-16-,20-19-,24-22-,27-25+. The third-order valence-electron chi connectivity index (χ3n) is 7.49. The molecule has 266 valence electrons. The van der Waals surface area contributed by atoms with Gasteiger partial charge in [0.15, 0.2) is 6.29 Å². The summed E-state index contributed by atoms with van der Waals surface area (Å²) in [5.74, 6) is -0.273. The van der Waals surface area contributed by atoms with E-state index in [1.165, 1.54) is 0 Å². The molecular formula is C38H61NO8. The first-order valence-corrected chi connectivity index (χ1v) is 17.3.